The molecule has 11 heavy (non-hydrogen) atoms. The summed E-state index contributed by atoms with van der Waals surface area (Å²) in [4.78, 5) is 0. The van der Waals surface area contributed by atoms with Gasteiger partial charge in [0.1, 0.15) is 0 Å². The predicted octanol–water partition coefficient (Wildman–Crippen LogP) is 3.61. The molecule has 0 radical (unpaired) electrons. The Bertz CT molecular complexity index is 97.4. The Labute approximate surface area is 73.9 Å². The van der Waals surface area contributed by atoms with Gasteiger partial charge in [0.25, 0.3) is 0 Å². The van der Waals surface area contributed by atoms with Crippen LogP contribution in [-0.4, -0.2) is 12.8 Å². The van der Waals surface area contributed by atoms with E-state index in [0.29, 0.717) is 5.41 Å². The van der Waals surface area contributed by atoms with E-state index in [1.165, 1.54) is 6.16 Å². The standard InChI is InChI=1S/C10H23P/c1-8(2)10(5,7-11-6)9(3)4/h8-9,11H,7H2,1-6H3. The number of hydrogen-bond acceptors (Lipinski definition) is 0. The van der Waals surface area contributed by atoms with Crippen molar-refractivity contribution in [3.05, 3.63) is 0 Å². The van der Waals surface area contributed by atoms with E-state index in [1.807, 2.05) is 0 Å². The van der Waals surface area contributed by atoms with Crippen LogP contribution in [0.15, 0.2) is 0 Å². The summed E-state index contributed by atoms with van der Waals surface area (Å²) in [5.41, 5.74) is 0.563. The minimum atomic E-state index is 0.563. The zero-order valence-corrected chi connectivity index (χ0v) is 9.86. The molecule has 1 unspecified atom stereocenters. The molecule has 0 saturated carbocycles. The molecule has 68 valence electrons. The van der Waals surface area contributed by atoms with Crippen LogP contribution in [0.4, 0.5) is 0 Å². The molecule has 1 heteroatoms. The van der Waals surface area contributed by atoms with E-state index in [2.05, 4.69) is 41.3 Å². The molecule has 0 bridgehead atoms. The summed E-state index contributed by atoms with van der Waals surface area (Å²) >= 11 is 0. The molecular formula is C10H23P. The maximum absolute atomic E-state index is 2.43. The van der Waals surface area contributed by atoms with Gasteiger partial charge in [-0.2, -0.15) is 0 Å². The Morgan fingerprint density at radius 1 is 1.09 bits per heavy atom. The molecule has 0 spiro atoms. The SMILES string of the molecule is CPCC(C)(C(C)C)C(C)C. The van der Waals surface area contributed by atoms with Crippen molar-refractivity contribution >= 4 is 8.58 Å². The first-order chi connectivity index (χ1) is 4.95. The molecule has 0 aliphatic carbocycles. The van der Waals surface area contributed by atoms with Crippen LogP contribution < -0.4 is 0 Å². The van der Waals surface area contributed by atoms with Crippen LogP contribution in [0.5, 0.6) is 0 Å². The lowest BCUT2D eigenvalue weighted by molar-refractivity contribution is 0.171. The Balaban J connectivity index is 4.26. The zero-order chi connectivity index (χ0) is 9.07. The largest absolute Gasteiger partial charge is 0.125 e. The Morgan fingerprint density at radius 2 is 1.45 bits per heavy atom. The van der Waals surface area contributed by atoms with Crippen molar-refractivity contribution in [1.82, 2.24) is 0 Å². The summed E-state index contributed by atoms with van der Waals surface area (Å²) in [5, 5.41) is 0. The Morgan fingerprint density at radius 3 is 1.55 bits per heavy atom. The van der Waals surface area contributed by atoms with Gasteiger partial charge in [-0.05, 0) is 30.1 Å². The Hall–Kier alpha value is 0.430. The van der Waals surface area contributed by atoms with E-state index >= 15 is 0 Å². The molecular weight excluding hydrogens is 151 g/mol. The zero-order valence-electron chi connectivity index (χ0n) is 8.86. The molecule has 0 aromatic heterocycles. The lowest BCUT2D eigenvalue weighted by Gasteiger charge is -2.37. The highest BCUT2D eigenvalue weighted by atomic mass is 31.1. The summed E-state index contributed by atoms with van der Waals surface area (Å²) in [6, 6.07) is 0. The molecule has 0 amide bonds. The second kappa shape index (κ2) is 4.45. The fourth-order valence-corrected chi connectivity index (χ4v) is 3.03. The van der Waals surface area contributed by atoms with Gasteiger partial charge in [-0.15, -0.1) is 8.58 Å². The molecule has 0 aliphatic heterocycles. The predicted molar refractivity (Wildman–Crippen MR) is 56.9 cm³/mol. The summed E-state index contributed by atoms with van der Waals surface area (Å²) in [5.74, 6) is 1.63. The molecule has 0 saturated heterocycles. The molecule has 0 aromatic carbocycles. The van der Waals surface area contributed by atoms with Gasteiger partial charge in [-0.3, -0.25) is 0 Å². The fourth-order valence-electron chi connectivity index (χ4n) is 1.46. The van der Waals surface area contributed by atoms with Crippen LogP contribution in [0, 0.1) is 17.3 Å². The van der Waals surface area contributed by atoms with Crippen LogP contribution in [-0.2, 0) is 0 Å². The van der Waals surface area contributed by atoms with Crippen molar-refractivity contribution in [2.75, 3.05) is 12.8 Å². The highest BCUT2D eigenvalue weighted by molar-refractivity contribution is 7.37. The van der Waals surface area contributed by atoms with E-state index in [0.717, 1.165) is 20.4 Å². The average molecular weight is 174 g/mol. The van der Waals surface area contributed by atoms with E-state index < -0.39 is 0 Å². The second-order valence-corrected chi connectivity index (χ2v) is 5.41. The molecule has 1 atom stereocenters. The second-order valence-electron chi connectivity index (χ2n) is 4.35. The van der Waals surface area contributed by atoms with Crippen molar-refractivity contribution in [2.24, 2.45) is 17.3 Å². The lowest BCUT2D eigenvalue weighted by atomic mass is 9.72. The summed E-state index contributed by atoms with van der Waals surface area (Å²) in [7, 11) is 1.09. The van der Waals surface area contributed by atoms with Crippen molar-refractivity contribution in [3.63, 3.8) is 0 Å². The molecule has 0 heterocycles. The van der Waals surface area contributed by atoms with E-state index in [1.54, 1.807) is 0 Å². The maximum Gasteiger partial charge on any atom is -0.0243 e. The normalized spacial score (nSPS) is 14.2. The fraction of sp³-hybridized carbons (Fsp3) is 1.00. The topological polar surface area (TPSA) is 0 Å². The first kappa shape index (κ1) is 11.4. The summed E-state index contributed by atoms with van der Waals surface area (Å²) in [6.07, 6.45) is 1.39. The van der Waals surface area contributed by atoms with Gasteiger partial charge in [0.2, 0.25) is 0 Å². The first-order valence-electron chi connectivity index (χ1n) is 4.59. The maximum atomic E-state index is 2.43. The van der Waals surface area contributed by atoms with Crippen LogP contribution in [0.2, 0.25) is 0 Å². The lowest BCUT2D eigenvalue weighted by Crippen LogP contribution is -2.31. The van der Waals surface area contributed by atoms with Crippen LogP contribution in [0.3, 0.4) is 0 Å². The third-order valence-electron chi connectivity index (χ3n) is 3.20. The number of rotatable bonds is 4. The summed E-state index contributed by atoms with van der Waals surface area (Å²) in [6.45, 7) is 14.1. The quantitative estimate of drug-likeness (QED) is 0.571. The van der Waals surface area contributed by atoms with Crippen LogP contribution in [0.1, 0.15) is 34.6 Å². The van der Waals surface area contributed by atoms with Gasteiger partial charge in [0.05, 0.1) is 0 Å². The van der Waals surface area contributed by atoms with Crippen molar-refractivity contribution in [1.29, 1.82) is 0 Å². The number of hydrogen-bond donors (Lipinski definition) is 0. The van der Waals surface area contributed by atoms with Gasteiger partial charge in [-0.25, -0.2) is 0 Å². The molecule has 0 fully saturated rings. The van der Waals surface area contributed by atoms with Gasteiger partial charge in [0, 0.05) is 0 Å². The molecule has 0 nitrogen and oxygen atoms in total. The van der Waals surface area contributed by atoms with Gasteiger partial charge in [0.15, 0.2) is 0 Å². The molecule has 0 rings (SSSR count). The monoisotopic (exact) mass is 174 g/mol. The average Bonchev–Trinajstić information content (AvgIpc) is 1.87. The van der Waals surface area contributed by atoms with Crippen molar-refractivity contribution < 1.29 is 0 Å². The van der Waals surface area contributed by atoms with Gasteiger partial charge < -0.3 is 0 Å². The third kappa shape index (κ3) is 2.75. The highest BCUT2D eigenvalue weighted by Crippen LogP contribution is 2.39. The first-order valence-corrected chi connectivity index (χ1v) is 6.30. The minimum absolute atomic E-state index is 0.563. The van der Waals surface area contributed by atoms with Gasteiger partial charge in [-0.1, -0.05) is 34.6 Å². The summed E-state index contributed by atoms with van der Waals surface area (Å²) < 4.78 is 0. The van der Waals surface area contributed by atoms with Crippen LogP contribution in [0.25, 0.3) is 0 Å². The van der Waals surface area contributed by atoms with Gasteiger partial charge >= 0.3 is 0 Å². The Kier molecular flexibility index (Phi) is 4.63. The highest BCUT2D eigenvalue weighted by Gasteiger charge is 2.30. The van der Waals surface area contributed by atoms with E-state index in [9.17, 15) is 0 Å². The molecule has 0 aromatic rings. The molecule has 0 N–H and O–H groups in total. The van der Waals surface area contributed by atoms with Crippen LogP contribution >= 0.6 is 8.58 Å². The van der Waals surface area contributed by atoms with Crippen molar-refractivity contribution in [3.8, 4) is 0 Å². The van der Waals surface area contributed by atoms with Crippen molar-refractivity contribution in [2.45, 2.75) is 34.6 Å². The third-order valence-corrected chi connectivity index (χ3v) is 4.31. The van der Waals surface area contributed by atoms with E-state index in [-0.39, 0.29) is 0 Å². The van der Waals surface area contributed by atoms with E-state index in [4.69, 9.17) is 0 Å². The minimum Gasteiger partial charge on any atom is -0.125 e. The smallest absolute Gasteiger partial charge is 0.0243 e. The molecule has 0 aliphatic rings.